The summed E-state index contributed by atoms with van der Waals surface area (Å²) in [6, 6.07) is 1.77. The summed E-state index contributed by atoms with van der Waals surface area (Å²) in [6.07, 6.45) is 6.29. The summed E-state index contributed by atoms with van der Waals surface area (Å²) in [7, 11) is 0. The number of thiazole rings is 1. The number of hydrogen-bond donors (Lipinski definition) is 1. The van der Waals surface area contributed by atoms with Crippen molar-refractivity contribution in [3.8, 4) is 21.6 Å². The van der Waals surface area contributed by atoms with Gasteiger partial charge in [-0.2, -0.15) is 4.98 Å². The second-order valence-corrected chi connectivity index (χ2v) is 6.44. The van der Waals surface area contributed by atoms with Crippen molar-refractivity contribution < 1.29 is 4.52 Å². The zero-order valence-corrected chi connectivity index (χ0v) is 12.8. The molecule has 1 aliphatic carbocycles. The smallest absolute Gasteiger partial charge is 0.270 e. The molecule has 0 radical (unpaired) electrons. The number of aromatic nitrogens is 5. The Kier molecular flexibility index (Phi) is 3.02. The van der Waals surface area contributed by atoms with Crippen molar-refractivity contribution in [3.05, 3.63) is 30.0 Å². The van der Waals surface area contributed by atoms with E-state index in [1.54, 1.807) is 18.5 Å². The normalized spacial score (nSPS) is 16.5. The van der Waals surface area contributed by atoms with E-state index in [4.69, 9.17) is 10.3 Å². The van der Waals surface area contributed by atoms with Gasteiger partial charge in [-0.25, -0.2) is 15.0 Å². The number of aryl methyl sites for hydroxylation is 1. The second-order valence-electron chi connectivity index (χ2n) is 5.44. The molecule has 7 nitrogen and oxygen atoms in total. The molecule has 1 aliphatic rings. The minimum atomic E-state index is -0.425. The maximum absolute atomic E-state index is 6.23. The molecule has 1 saturated carbocycles. The van der Waals surface area contributed by atoms with Crippen molar-refractivity contribution >= 4 is 11.3 Å². The van der Waals surface area contributed by atoms with Gasteiger partial charge in [0.25, 0.3) is 5.89 Å². The molecular weight excluding hydrogens is 300 g/mol. The summed E-state index contributed by atoms with van der Waals surface area (Å²) >= 11 is 1.44. The van der Waals surface area contributed by atoms with E-state index < -0.39 is 5.54 Å². The molecular formula is C14H14N6OS. The fourth-order valence-electron chi connectivity index (χ4n) is 2.40. The summed E-state index contributed by atoms with van der Waals surface area (Å²) in [5.74, 6) is 1.64. The molecule has 0 atom stereocenters. The van der Waals surface area contributed by atoms with Crippen LogP contribution in [0.15, 0.2) is 23.0 Å². The Hall–Kier alpha value is -2.19. The highest BCUT2D eigenvalue weighted by molar-refractivity contribution is 7.18. The molecule has 3 aromatic heterocycles. The van der Waals surface area contributed by atoms with E-state index in [0.717, 1.165) is 34.8 Å². The molecule has 1 fully saturated rings. The minimum absolute atomic E-state index is 0.425. The van der Waals surface area contributed by atoms with Crippen LogP contribution in [0.1, 0.15) is 30.8 Å². The van der Waals surface area contributed by atoms with E-state index in [9.17, 15) is 0 Å². The van der Waals surface area contributed by atoms with E-state index in [0.29, 0.717) is 17.5 Å². The maximum atomic E-state index is 6.23. The lowest BCUT2D eigenvalue weighted by Crippen LogP contribution is -2.44. The molecule has 0 bridgehead atoms. The van der Waals surface area contributed by atoms with Crippen LogP contribution in [0.25, 0.3) is 21.6 Å². The molecule has 112 valence electrons. The molecule has 0 unspecified atom stereocenters. The Morgan fingerprint density at radius 3 is 2.68 bits per heavy atom. The predicted octanol–water partition coefficient (Wildman–Crippen LogP) is 2.30. The highest BCUT2D eigenvalue weighted by Gasteiger charge is 2.39. The van der Waals surface area contributed by atoms with Crippen molar-refractivity contribution in [2.75, 3.05) is 0 Å². The van der Waals surface area contributed by atoms with Crippen LogP contribution in [0.4, 0.5) is 0 Å². The molecule has 4 rings (SSSR count). The molecule has 8 heteroatoms. The Bertz CT molecular complexity index is 808. The number of hydrogen-bond acceptors (Lipinski definition) is 8. The zero-order valence-electron chi connectivity index (χ0n) is 12.0. The fourth-order valence-corrected chi connectivity index (χ4v) is 3.34. The maximum Gasteiger partial charge on any atom is 0.270 e. The molecule has 22 heavy (non-hydrogen) atoms. The van der Waals surface area contributed by atoms with Crippen LogP contribution in [-0.2, 0) is 5.54 Å². The predicted molar refractivity (Wildman–Crippen MR) is 80.9 cm³/mol. The molecule has 0 aromatic carbocycles. The van der Waals surface area contributed by atoms with Gasteiger partial charge in [0.2, 0.25) is 0 Å². The topological polar surface area (TPSA) is 104 Å². The van der Waals surface area contributed by atoms with Crippen LogP contribution >= 0.6 is 11.3 Å². The average Bonchev–Trinajstić information content (AvgIpc) is 3.12. The highest BCUT2D eigenvalue weighted by atomic mass is 32.1. The third-order valence-corrected chi connectivity index (χ3v) is 5.01. The molecule has 0 aliphatic heterocycles. The largest absolute Gasteiger partial charge is 0.333 e. The molecule has 3 heterocycles. The van der Waals surface area contributed by atoms with E-state index in [1.165, 1.54) is 11.3 Å². The van der Waals surface area contributed by atoms with E-state index in [2.05, 4.69) is 25.1 Å². The van der Waals surface area contributed by atoms with E-state index >= 15 is 0 Å². The monoisotopic (exact) mass is 314 g/mol. The molecule has 0 amide bonds. The number of nitrogens with two attached hydrogens (primary N) is 1. The first-order chi connectivity index (χ1) is 10.7. The summed E-state index contributed by atoms with van der Waals surface area (Å²) in [5.41, 5.74) is 6.63. The Balaban J connectivity index is 1.70. The SMILES string of the molecule is Cc1nc(-c2ncccn2)sc1-c1nc(C2(N)CCC2)no1. The lowest BCUT2D eigenvalue weighted by molar-refractivity contribution is 0.229. The summed E-state index contributed by atoms with van der Waals surface area (Å²) in [4.78, 5) is 18.2. The summed E-state index contributed by atoms with van der Waals surface area (Å²) in [5, 5.41) is 4.78. The first-order valence-electron chi connectivity index (χ1n) is 7.04. The van der Waals surface area contributed by atoms with Crippen LogP contribution in [0, 0.1) is 6.92 Å². The van der Waals surface area contributed by atoms with Gasteiger partial charge in [0, 0.05) is 12.4 Å². The van der Waals surface area contributed by atoms with Crippen molar-refractivity contribution in [2.45, 2.75) is 31.7 Å². The fraction of sp³-hybridized carbons (Fsp3) is 0.357. The van der Waals surface area contributed by atoms with Crippen molar-refractivity contribution in [1.82, 2.24) is 25.1 Å². The van der Waals surface area contributed by atoms with Gasteiger partial charge in [-0.05, 0) is 32.3 Å². The van der Waals surface area contributed by atoms with Gasteiger partial charge in [-0.3, -0.25) is 0 Å². The Morgan fingerprint density at radius 2 is 2.00 bits per heavy atom. The van der Waals surface area contributed by atoms with Crippen LogP contribution in [0.3, 0.4) is 0 Å². The van der Waals surface area contributed by atoms with Gasteiger partial charge < -0.3 is 10.3 Å². The van der Waals surface area contributed by atoms with E-state index in [1.807, 2.05) is 6.92 Å². The van der Waals surface area contributed by atoms with Gasteiger partial charge in [-0.1, -0.05) is 5.16 Å². The van der Waals surface area contributed by atoms with Crippen LogP contribution in [-0.4, -0.2) is 25.1 Å². The minimum Gasteiger partial charge on any atom is -0.333 e. The summed E-state index contributed by atoms with van der Waals surface area (Å²) < 4.78 is 5.39. The van der Waals surface area contributed by atoms with Crippen molar-refractivity contribution in [1.29, 1.82) is 0 Å². The number of nitrogens with zero attached hydrogens (tertiary/aromatic N) is 5. The molecule has 0 saturated heterocycles. The molecule has 0 spiro atoms. The standard InChI is InChI=1S/C14H14N6OS/c1-8-9(22-12(18-8)10-16-6-3-7-17-10)11-19-13(20-21-11)14(15)4-2-5-14/h3,6-7H,2,4-5,15H2,1H3. The van der Waals surface area contributed by atoms with Gasteiger partial charge in [0.15, 0.2) is 16.7 Å². The van der Waals surface area contributed by atoms with Gasteiger partial charge >= 0.3 is 0 Å². The third kappa shape index (κ3) is 2.11. The zero-order chi connectivity index (χ0) is 15.2. The lowest BCUT2D eigenvalue weighted by Gasteiger charge is -2.34. The van der Waals surface area contributed by atoms with Crippen LogP contribution in [0.2, 0.25) is 0 Å². The average molecular weight is 314 g/mol. The summed E-state index contributed by atoms with van der Waals surface area (Å²) in [6.45, 7) is 1.91. The van der Waals surface area contributed by atoms with Crippen LogP contribution in [0.5, 0.6) is 0 Å². The first kappa shape index (κ1) is 13.5. The van der Waals surface area contributed by atoms with Crippen molar-refractivity contribution in [3.63, 3.8) is 0 Å². The third-order valence-electron chi connectivity index (χ3n) is 3.87. The molecule has 3 aromatic rings. The van der Waals surface area contributed by atoms with Gasteiger partial charge in [-0.15, -0.1) is 11.3 Å². The quantitative estimate of drug-likeness (QED) is 0.791. The second kappa shape index (κ2) is 4.92. The molecule has 2 N–H and O–H groups in total. The van der Waals surface area contributed by atoms with E-state index in [-0.39, 0.29) is 0 Å². The Morgan fingerprint density at radius 1 is 1.23 bits per heavy atom. The number of rotatable bonds is 3. The first-order valence-corrected chi connectivity index (χ1v) is 7.86. The van der Waals surface area contributed by atoms with Gasteiger partial charge in [0.1, 0.15) is 4.88 Å². The van der Waals surface area contributed by atoms with Gasteiger partial charge in [0.05, 0.1) is 11.2 Å². The van der Waals surface area contributed by atoms with Crippen LogP contribution < -0.4 is 5.73 Å². The highest BCUT2D eigenvalue weighted by Crippen LogP contribution is 2.39. The lowest BCUT2D eigenvalue weighted by atomic mass is 9.77. The Labute approximate surface area is 130 Å². The van der Waals surface area contributed by atoms with Crippen molar-refractivity contribution in [2.24, 2.45) is 5.73 Å².